The third-order valence-electron chi connectivity index (χ3n) is 1.65. The zero-order valence-corrected chi connectivity index (χ0v) is 7.75. The summed E-state index contributed by atoms with van der Waals surface area (Å²) in [5.41, 5.74) is 0.591. The Morgan fingerprint density at radius 3 is 2.54 bits per heavy atom. The minimum Gasteiger partial charge on any atom is -0.478 e. The molecule has 1 aromatic carbocycles. The number of carbonyl (C=O) groups is 1. The summed E-state index contributed by atoms with van der Waals surface area (Å²) in [6.45, 7) is 1.55. The molecule has 0 spiro atoms. The Kier molecular flexibility index (Phi) is 2.90. The van der Waals surface area contributed by atoms with E-state index in [9.17, 15) is 9.90 Å². The first-order valence-corrected chi connectivity index (χ1v) is 4.10. The number of rotatable bonds is 2. The second kappa shape index (κ2) is 3.77. The number of hydrogen-bond donors (Lipinski definition) is 2. The van der Waals surface area contributed by atoms with Gasteiger partial charge in [-0.05, 0) is 30.7 Å². The highest BCUT2D eigenvalue weighted by atomic mass is 35.5. The summed E-state index contributed by atoms with van der Waals surface area (Å²) in [5.74, 6) is -1.05. The fourth-order valence-electron chi connectivity index (χ4n) is 0.977. The zero-order chi connectivity index (χ0) is 10.0. The van der Waals surface area contributed by atoms with Gasteiger partial charge in [0.1, 0.15) is 0 Å². The molecule has 0 aromatic heterocycles. The Balaban J connectivity index is 3.19. The lowest BCUT2D eigenvalue weighted by Crippen LogP contribution is -1.99. The van der Waals surface area contributed by atoms with Gasteiger partial charge in [0.2, 0.25) is 0 Å². The molecule has 0 heterocycles. The van der Waals surface area contributed by atoms with Crippen molar-refractivity contribution in [2.45, 2.75) is 13.0 Å². The lowest BCUT2D eigenvalue weighted by molar-refractivity contribution is 0.0696. The first-order chi connectivity index (χ1) is 6.00. The van der Waals surface area contributed by atoms with Gasteiger partial charge in [-0.15, -0.1) is 0 Å². The monoisotopic (exact) mass is 200 g/mol. The number of aliphatic hydroxyl groups is 1. The smallest absolute Gasteiger partial charge is 0.335 e. The van der Waals surface area contributed by atoms with E-state index in [-0.39, 0.29) is 5.56 Å². The van der Waals surface area contributed by atoms with Crippen LogP contribution in [0.4, 0.5) is 0 Å². The lowest BCUT2D eigenvalue weighted by atomic mass is 10.1. The minimum atomic E-state index is -1.05. The van der Waals surface area contributed by atoms with Crippen LogP contribution in [0.25, 0.3) is 0 Å². The first-order valence-electron chi connectivity index (χ1n) is 3.72. The predicted octanol–water partition coefficient (Wildman–Crippen LogP) is 2.09. The molecule has 70 valence electrons. The van der Waals surface area contributed by atoms with Crippen LogP contribution in [0.5, 0.6) is 0 Å². The quantitative estimate of drug-likeness (QED) is 0.769. The van der Waals surface area contributed by atoms with Gasteiger partial charge in [-0.1, -0.05) is 11.6 Å². The topological polar surface area (TPSA) is 57.5 Å². The number of aliphatic hydroxyl groups excluding tert-OH is 1. The summed E-state index contributed by atoms with van der Waals surface area (Å²) in [4.78, 5) is 10.6. The standard InChI is InChI=1S/C9H9ClO3/c1-5(11)6-2-7(9(12)13)4-8(10)3-6/h2-5,11H,1H3,(H,12,13). The Morgan fingerprint density at radius 2 is 2.08 bits per heavy atom. The SMILES string of the molecule is CC(O)c1cc(Cl)cc(C(=O)O)c1. The third kappa shape index (κ3) is 2.44. The van der Waals surface area contributed by atoms with Crippen molar-refractivity contribution in [1.29, 1.82) is 0 Å². The maximum atomic E-state index is 10.6. The van der Waals surface area contributed by atoms with Crippen LogP contribution in [0.3, 0.4) is 0 Å². The van der Waals surface area contributed by atoms with E-state index in [1.54, 1.807) is 13.0 Å². The van der Waals surface area contributed by atoms with E-state index in [0.717, 1.165) is 0 Å². The van der Waals surface area contributed by atoms with Crippen molar-refractivity contribution >= 4 is 17.6 Å². The molecular formula is C9H9ClO3. The summed E-state index contributed by atoms with van der Waals surface area (Å²) < 4.78 is 0. The molecule has 0 amide bonds. The van der Waals surface area contributed by atoms with Crippen molar-refractivity contribution < 1.29 is 15.0 Å². The molecule has 0 fully saturated rings. The van der Waals surface area contributed by atoms with Gasteiger partial charge in [-0.2, -0.15) is 0 Å². The maximum Gasteiger partial charge on any atom is 0.335 e. The second-order valence-electron chi connectivity index (χ2n) is 2.75. The predicted molar refractivity (Wildman–Crippen MR) is 49.0 cm³/mol. The summed E-state index contributed by atoms with van der Waals surface area (Å²) in [5, 5.41) is 18.2. The van der Waals surface area contributed by atoms with Crippen LogP contribution in [0.1, 0.15) is 28.9 Å². The summed E-state index contributed by atoms with van der Waals surface area (Å²) in [6.07, 6.45) is -0.711. The van der Waals surface area contributed by atoms with Crippen LogP contribution >= 0.6 is 11.6 Å². The van der Waals surface area contributed by atoms with E-state index in [0.29, 0.717) is 10.6 Å². The van der Waals surface area contributed by atoms with Gasteiger partial charge in [-0.3, -0.25) is 0 Å². The van der Waals surface area contributed by atoms with Crippen LogP contribution in [0.15, 0.2) is 18.2 Å². The van der Waals surface area contributed by atoms with Gasteiger partial charge in [0.15, 0.2) is 0 Å². The van der Waals surface area contributed by atoms with Crippen molar-refractivity contribution in [3.8, 4) is 0 Å². The van der Waals surface area contributed by atoms with Gasteiger partial charge in [0, 0.05) is 5.02 Å². The molecule has 0 aliphatic heterocycles. The Labute approximate surface area is 80.6 Å². The molecule has 1 aromatic rings. The molecule has 4 heteroatoms. The van der Waals surface area contributed by atoms with Crippen LogP contribution in [-0.4, -0.2) is 16.2 Å². The first kappa shape index (κ1) is 10.0. The molecule has 0 radical (unpaired) electrons. The maximum absolute atomic E-state index is 10.6. The minimum absolute atomic E-state index is 0.0865. The normalized spacial score (nSPS) is 12.5. The third-order valence-corrected chi connectivity index (χ3v) is 1.87. The van der Waals surface area contributed by atoms with Gasteiger partial charge >= 0.3 is 5.97 Å². The summed E-state index contributed by atoms with van der Waals surface area (Å²) in [7, 11) is 0. The van der Waals surface area contributed by atoms with E-state index < -0.39 is 12.1 Å². The fraction of sp³-hybridized carbons (Fsp3) is 0.222. The average Bonchev–Trinajstić information content (AvgIpc) is 2.03. The highest BCUT2D eigenvalue weighted by Gasteiger charge is 2.08. The van der Waals surface area contributed by atoms with Gasteiger partial charge in [0.25, 0.3) is 0 Å². The molecule has 1 atom stereocenters. The molecule has 3 nitrogen and oxygen atoms in total. The lowest BCUT2D eigenvalue weighted by Gasteiger charge is -2.06. The van der Waals surface area contributed by atoms with E-state index in [4.69, 9.17) is 16.7 Å². The average molecular weight is 201 g/mol. The molecule has 13 heavy (non-hydrogen) atoms. The Hall–Kier alpha value is -1.06. The molecule has 0 bridgehead atoms. The number of halogens is 1. The fourth-order valence-corrected chi connectivity index (χ4v) is 1.22. The molecular weight excluding hydrogens is 192 g/mol. The van der Waals surface area contributed by atoms with Crippen molar-refractivity contribution in [3.05, 3.63) is 34.3 Å². The van der Waals surface area contributed by atoms with E-state index in [1.807, 2.05) is 0 Å². The van der Waals surface area contributed by atoms with E-state index >= 15 is 0 Å². The van der Waals surface area contributed by atoms with Crippen molar-refractivity contribution in [1.82, 2.24) is 0 Å². The molecule has 0 aliphatic carbocycles. The second-order valence-corrected chi connectivity index (χ2v) is 3.19. The molecule has 1 unspecified atom stereocenters. The number of hydrogen-bond acceptors (Lipinski definition) is 2. The van der Waals surface area contributed by atoms with Crippen LogP contribution < -0.4 is 0 Å². The van der Waals surface area contributed by atoms with Crippen LogP contribution in [0, 0.1) is 0 Å². The highest BCUT2D eigenvalue weighted by Crippen LogP contribution is 2.20. The molecule has 0 saturated heterocycles. The van der Waals surface area contributed by atoms with Crippen molar-refractivity contribution in [2.75, 3.05) is 0 Å². The van der Waals surface area contributed by atoms with Gasteiger partial charge in [-0.25, -0.2) is 4.79 Å². The van der Waals surface area contributed by atoms with Gasteiger partial charge < -0.3 is 10.2 Å². The molecule has 1 rings (SSSR count). The number of carboxylic acids is 1. The van der Waals surface area contributed by atoms with E-state index in [1.165, 1.54) is 12.1 Å². The largest absolute Gasteiger partial charge is 0.478 e. The summed E-state index contributed by atoms with van der Waals surface area (Å²) >= 11 is 5.66. The van der Waals surface area contributed by atoms with Crippen molar-refractivity contribution in [3.63, 3.8) is 0 Å². The van der Waals surface area contributed by atoms with Crippen molar-refractivity contribution in [2.24, 2.45) is 0 Å². The molecule has 0 saturated carbocycles. The number of benzene rings is 1. The van der Waals surface area contributed by atoms with Crippen LogP contribution in [-0.2, 0) is 0 Å². The Bertz CT molecular complexity index is 334. The number of carboxylic acid groups (broad SMARTS) is 1. The zero-order valence-electron chi connectivity index (χ0n) is 6.99. The van der Waals surface area contributed by atoms with E-state index in [2.05, 4.69) is 0 Å². The summed E-state index contributed by atoms with van der Waals surface area (Å²) in [6, 6.07) is 4.29. The molecule has 2 N–H and O–H groups in total. The Morgan fingerprint density at radius 1 is 1.46 bits per heavy atom. The number of aromatic carboxylic acids is 1. The van der Waals surface area contributed by atoms with Gasteiger partial charge in [0.05, 0.1) is 11.7 Å². The van der Waals surface area contributed by atoms with Crippen LogP contribution in [0.2, 0.25) is 5.02 Å². The highest BCUT2D eigenvalue weighted by molar-refractivity contribution is 6.31. The molecule has 0 aliphatic rings.